The molecule has 1 aromatic carbocycles. The number of carbonyl (C=O) groups is 1. The molecule has 0 aliphatic heterocycles. The van der Waals surface area contributed by atoms with E-state index in [1.54, 1.807) is 6.20 Å². The van der Waals surface area contributed by atoms with E-state index in [2.05, 4.69) is 15.6 Å². The van der Waals surface area contributed by atoms with Crippen LogP contribution in [0.1, 0.15) is 28.7 Å². The number of amides is 1. The van der Waals surface area contributed by atoms with Gasteiger partial charge in [-0.15, -0.1) is 0 Å². The summed E-state index contributed by atoms with van der Waals surface area (Å²) < 4.78 is 1.89. The van der Waals surface area contributed by atoms with Crippen LogP contribution in [0.4, 0.5) is 5.69 Å². The largest absolute Gasteiger partial charge is 0.385 e. The molecule has 2 rings (SSSR count). The van der Waals surface area contributed by atoms with Gasteiger partial charge in [0.1, 0.15) is 5.82 Å². The normalized spacial score (nSPS) is 10.3. The first-order chi connectivity index (χ1) is 9.61. The van der Waals surface area contributed by atoms with Crippen LogP contribution >= 0.6 is 0 Å². The van der Waals surface area contributed by atoms with Crippen molar-refractivity contribution in [2.45, 2.75) is 20.4 Å². The van der Waals surface area contributed by atoms with Crippen molar-refractivity contribution in [1.82, 2.24) is 14.9 Å². The van der Waals surface area contributed by atoms with Gasteiger partial charge in [-0.25, -0.2) is 4.98 Å². The Morgan fingerprint density at radius 3 is 2.80 bits per heavy atom. The molecule has 0 bridgehead atoms. The molecule has 5 heteroatoms. The van der Waals surface area contributed by atoms with Gasteiger partial charge in [-0.2, -0.15) is 0 Å². The summed E-state index contributed by atoms with van der Waals surface area (Å²) in [6.07, 6.45) is 3.58. The molecule has 0 saturated heterocycles. The Morgan fingerprint density at radius 1 is 1.40 bits per heavy atom. The lowest BCUT2D eigenvalue weighted by Crippen LogP contribution is -2.25. The number of rotatable bonds is 5. The molecule has 1 heterocycles. The third-order valence-corrected chi connectivity index (χ3v) is 3.18. The van der Waals surface area contributed by atoms with Gasteiger partial charge in [0.25, 0.3) is 5.91 Å². The molecule has 5 nitrogen and oxygen atoms in total. The maximum absolute atomic E-state index is 12.2. The number of hydrogen-bond donors (Lipinski definition) is 2. The van der Waals surface area contributed by atoms with Gasteiger partial charge in [-0.3, -0.25) is 4.79 Å². The molecule has 106 valence electrons. The highest BCUT2D eigenvalue weighted by atomic mass is 16.1. The molecule has 0 spiro atoms. The van der Waals surface area contributed by atoms with E-state index in [4.69, 9.17) is 0 Å². The standard InChI is InChI=1S/C15H20N4O/c1-4-16-12-5-6-13(11(2)9-12)15(20)18-10-14-17-7-8-19(14)3/h5-9,16H,4,10H2,1-3H3,(H,18,20). The zero-order chi connectivity index (χ0) is 14.5. The summed E-state index contributed by atoms with van der Waals surface area (Å²) in [6, 6.07) is 5.76. The Kier molecular flexibility index (Phi) is 4.40. The van der Waals surface area contributed by atoms with Crippen LogP contribution in [-0.2, 0) is 13.6 Å². The molecule has 0 radical (unpaired) electrons. The fraction of sp³-hybridized carbons (Fsp3) is 0.333. The van der Waals surface area contributed by atoms with Gasteiger partial charge in [-0.1, -0.05) is 0 Å². The quantitative estimate of drug-likeness (QED) is 0.876. The molecule has 0 unspecified atom stereocenters. The summed E-state index contributed by atoms with van der Waals surface area (Å²) in [5.41, 5.74) is 2.69. The number of imidazole rings is 1. The number of anilines is 1. The van der Waals surface area contributed by atoms with Crippen LogP contribution in [0.5, 0.6) is 0 Å². The number of nitrogens with zero attached hydrogens (tertiary/aromatic N) is 2. The topological polar surface area (TPSA) is 59.0 Å². The van der Waals surface area contributed by atoms with Gasteiger partial charge in [0, 0.05) is 37.2 Å². The molecular formula is C15H20N4O. The number of aromatic nitrogens is 2. The second-order valence-corrected chi connectivity index (χ2v) is 4.70. The van der Waals surface area contributed by atoms with Crippen LogP contribution in [0.3, 0.4) is 0 Å². The van der Waals surface area contributed by atoms with E-state index in [0.717, 1.165) is 23.6 Å². The lowest BCUT2D eigenvalue weighted by atomic mass is 10.1. The highest BCUT2D eigenvalue weighted by Crippen LogP contribution is 2.15. The molecule has 0 aliphatic carbocycles. The predicted octanol–water partition coefficient (Wildman–Crippen LogP) is 2.09. The zero-order valence-corrected chi connectivity index (χ0v) is 12.1. The summed E-state index contributed by atoms with van der Waals surface area (Å²) in [5, 5.41) is 6.12. The fourth-order valence-electron chi connectivity index (χ4n) is 2.05. The maximum Gasteiger partial charge on any atom is 0.251 e. The lowest BCUT2D eigenvalue weighted by molar-refractivity contribution is 0.0949. The second kappa shape index (κ2) is 6.23. The monoisotopic (exact) mass is 272 g/mol. The summed E-state index contributed by atoms with van der Waals surface area (Å²) in [7, 11) is 1.91. The molecule has 20 heavy (non-hydrogen) atoms. The van der Waals surface area contributed by atoms with Crippen molar-refractivity contribution in [1.29, 1.82) is 0 Å². The van der Waals surface area contributed by atoms with Gasteiger partial charge >= 0.3 is 0 Å². The van der Waals surface area contributed by atoms with Crippen molar-refractivity contribution in [3.63, 3.8) is 0 Å². The number of hydrogen-bond acceptors (Lipinski definition) is 3. The summed E-state index contributed by atoms with van der Waals surface area (Å²) >= 11 is 0. The average molecular weight is 272 g/mol. The van der Waals surface area contributed by atoms with Gasteiger partial charge in [0.2, 0.25) is 0 Å². The van der Waals surface area contributed by atoms with Crippen molar-refractivity contribution in [3.8, 4) is 0 Å². The van der Waals surface area contributed by atoms with Crippen LogP contribution in [0, 0.1) is 6.92 Å². The zero-order valence-electron chi connectivity index (χ0n) is 12.1. The Labute approximate surface area is 119 Å². The molecule has 2 N–H and O–H groups in total. The van der Waals surface area contributed by atoms with Gasteiger partial charge in [-0.05, 0) is 37.6 Å². The lowest BCUT2D eigenvalue weighted by Gasteiger charge is -2.10. The highest BCUT2D eigenvalue weighted by molar-refractivity contribution is 5.96. The molecule has 0 fully saturated rings. The summed E-state index contributed by atoms with van der Waals surface area (Å²) in [4.78, 5) is 16.4. The van der Waals surface area contributed by atoms with Gasteiger partial charge in [0.05, 0.1) is 6.54 Å². The van der Waals surface area contributed by atoms with Gasteiger partial charge < -0.3 is 15.2 Å². The van der Waals surface area contributed by atoms with Crippen LogP contribution in [0.15, 0.2) is 30.6 Å². The number of nitrogens with one attached hydrogen (secondary N) is 2. The SMILES string of the molecule is CCNc1ccc(C(=O)NCc2nccn2C)c(C)c1. The van der Waals surface area contributed by atoms with Crippen LogP contribution in [0.25, 0.3) is 0 Å². The minimum atomic E-state index is -0.0754. The van der Waals surface area contributed by atoms with E-state index < -0.39 is 0 Å². The van der Waals surface area contributed by atoms with Crippen molar-refractivity contribution >= 4 is 11.6 Å². The fourth-order valence-corrected chi connectivity index (χ4v) is 2.05. The Hall–Kier alpha value is -2.30. The minimum absolute atomic E-state index is 0.0754. The van der Waals surface area contributed by atoms with Crippen molar-refractivity contribution in [3.05, 3.63) is 47.5 Å². The molecule has 0 saturated carbocycles. The van der Waals surface area contributed by atoms with E-state index in [1.165, 1.54) is 0 Å². The molecule has 1 amide bonds. The number of benzene rings is 1. The predicted molar refractivity (Wildman–Crippen MR) is 79.7 cm³/mol. The van der Waals surface area contributed by atoms with Gasteiger partial charge in [0.15, 0.2) is 0 Å². The average Bonchev–Trinajstić information content (AvgIpc) is 2.82. The third-order valence-electron chi connectivity index (χ3n) is 3.18. The first-order valence-electron chi connectivity index (χ1n) is 6.70. The Bertz CT molecular complexity index is 604. The Balaban J connectivity index is 2.04. The van der Waals surface area contributed by atoms with E-state index in [-0.39, 0.29) is 5.91 Å². The molecule has 1 aromatic heterocycles. The minimum Gasteiger partial charge on any atom is -0.385 e. The van der Waals surface area contributed by atoms with Crippen LogP contribution < -0.4 is 10.6 Å². The van der Waals surface area contributed by atoms with Crippen molar-refractivity contribution < 1.29 is 4.79 Å². The third kappa shape index (κ3) is 3.17. The summed E-state index contributed by atoms with van der Waals surface area (Å²) in [6.45, 7) is 5.28. The first kappa shape index (κ1) is 14.1. The summed E-state index contributed by atoms with van der Waals surface area (Å²) in [5.74, 6) is 0.758. The molecule has 2 aromatic rings. The van der Waals surface area contributed by atoms with Crippen LogP contribution in [-0.4, -0.2) is 22.0 Å². The highest BCUT2D eigenvalue weighted by Gasteiger charge is 2.10. The smallest absolute Gasteiger partial charge is 0.251 e. The molecular weight excluding hydrogens is 252 g/mol. The van der Waals surface area contributed by atoms with Crippen LogP contribution in [0.2, 0.25) is 0 Å². The number of carbonyl (C=O) groups excluding carboxylic acids is 1. The van der Waals surface area contributed by atoms with Crippen molar-refractivity contribution in [2.75, 3.05) is 11.9 Å². The molecule has 0 aliphatic rings. The number of aryl methyl sites for hydroxylation is 2. The first-order valence-corrected chi connectivity index (χ1v) is 6.70. The van der Waals surface area contributed by atoms with Crippen molar-refractivity contribution in [2.24, 2.45) is 7.05 Å². The molecule has 0 atom stereocenters. The maximum atomic E-state index is 12.2. The Morgan fingerprint density at radius 2 is 2.20 bits per heavy atom. The van der Waals surface area contributed by atoms with E-state index in [1.807, 2.05) is 49.9 Å². The second-order valence-electron chi connectivity index (χ2n) is 4.70. The van der Waals surface area contributed by atoms with E-state index >= 15 is 0 Å². The van der Waals surface area contributed by atoms with E-state index in [0.29, 0.717) is 12.1 Å². The van der Waals surface area contributed by atoms with E-state index in [9.17, 15) is 4.79 Å².